The van der Waals surface area contributed by atoms with Crippen LogP contribution in [-0.2, 0) is 0 Å². The lowest BCUT2D eigenvalue weighted by molar-refractivity contribution is 0.309. The highest BCUT2D eigenvalue weighted by Crippen LogP contribution is 2.29. The monoisotopic (exact) mass is 382 g/mol. The van der Waals surface area contributed by atoms with Crippen molar-refractivity contribution in [1.82, 2.24) is 14.9 Å². The topological polar surface area (TPSA) is 52.3 Å². The summed E-state index contributed by atoms with van der Waals surface area (Å²) in [7, 11) is 0. The maximum absolute atomic E-state index is 13.2. The Morgan fingerprint density at radius 1 is 1.04 bits per heavy atom. The standard InChI is InChI=1S/C20H19FN4OS/c1-2-3-12-26-17-10-6-15(7-11-17)19-22-23-20-25(19)24-18(13-27-20)14-4-8-16(21)9-5-14/h4-11H,2-3,12-13H2,1H3. The molecule has 0 N–H and O–H groups in total. The maximum Gasteiger partial charge on any atom is 0.212 e. The molecule has 0 atom stereocenters. The first-order chi connectivity index (χ1) is 13.2. The number of hydrogen-bond acceptors (Lipinski definition) is 5. The minimum Gasteiger partial charge on any atom is -0.494 e. The fourth-order valence-electron chi connectivity index (χ4n) is 2.73. The molecule has 0 bridgehead atoms. The summed E-state index contributed by atoms with van der Waals surface area (Å²) in [4.78, 5) is 0. The van der Waals surface area contributed by atoms with Crippen LogP contribution in [0.15, 0.2) is 58.8 Å². The van der Waals surface area contributed by atoms with E-state index in [2.05, 4.69) is 17.1 Å². The van der Waals surface area contributed by atoms with Crippen molar-refractivity contribution >= 4 is 17.5 Å². The zero-order valence-corrected chi connectivity index (χ0v) is 15.7. The minimum atomic E-state index is -0.255. The molecule has 1 aliphatic heterocycles. The Hall–Kier alpha value is -2.67. The van der Waals surface area contributed by atoms with Crippen LogP contribution in [0.4, 0.5) is 4.39 Å². The van der Waals surface area contributed by atoms with Crippen LogP contribution in [0.2, 0.25) is 0 Å². The van der Waals surface area contributed by atoms with Crippen LogP contribution in [0.3, 0.4) is 0 Å². The third-order valence-electron chi connectivity index (χ3n) is 4.23. The largest absolute Gasteiger partial charge is 0.494 e. The van der Waals surface area contributed by atoms with E-state index in [4.69, 9.17) is 9.84 Å². The van der Waals surface area contributed by atoms with E-state index in [-0.39, 0.29) is 5.82 Å². The Kier molecular flexibility index (Phi) is 5.20. The quantitative estimate of drug-likeness (QED) is 0.584. The van der Waals surface area contributed by atoms with Crippen molar-refractivity contribution in [1.29, 1.82) is 0 Å². The third-order valence-corrected chi connectivity index (χ3v) is 5.16. The molecular formula is C20H19FN4OS. The smallest absolute Gasteiger partial charge is 0.212 e. The minimum absolute atomic E-state index is 0.255. The number of benzene rings is 2. The number of nitrogens with zero attached hydrogens (tertiary/aromatic N) is 4. The summed E-state index contributed by atoms with van der Waals surface area (Å²) >= 11 is 1.57. The van der Waals surface area contributed by atoms with Gasteiger partial charge in [-0.3, -0.25) is 0 Å². The molecule has 0 unspecified atom stereocenters. The average Bonchev–Trinajstić information content (AvgIpc) is 3.12. The third kappa shape index (κ3) is 3.88. The maximum atomic E-state index is 13.2. The normalized spacial score (nSPS) is 13.2. The van der Waals surface area contributed by atoms with E-state index < -0.39 is 0 Å². The van der Waals surface area contributed by atoms with Gasteiger partial charge in [-0.05, 0) is 48.4 Å². The number of unbranched alkanes of at least 4 members (excludes halogenated alkanes) is 1. The molecular weight excluding hydrogens is 363 g/mol. The summed E-state index contributed by atoms with van der Waals surface area (Å²) in [6, 6.07) is 14.2. The van der Waals surface area contributed by atoms with Crippen LogP contribution in [-0.4, -0.2) is 32.9 Å². The molecule has 1 aliphatic rings. The zero-order valence-electron chi connectivity index (χ0n) is 14.9. The molecule has 0 aliphatic carbocycles. The van der Waals surface area contributed by atoms with Gasteiger partial charge in [0, 0.05) is 11.3 Å². The summed E-state index contributed by atoms with van der Waals surface area (Å²) in [5.41, 5.74) is 2.68. The van der Waals surface area contributed by atoms with E-state index in [0.29, 0.717) is 11.6 Å². The van der Waals surface area contributed by atoms with Gasteiger partial charge in [0.25, 0.3) is 0 Å². The summed E-state index contributed by atoms with van der Waals surface area (Å²) in [6.07, 6.45) is 2.15. The molecule has 0 amide bonds. The zero-order chi connectivity index (χ0) is 18.6. The molecule has 5 nitrogen and oxygen atoms in total. The molecule has 138 valence electrons. The summed E-state index contributed by atoms with van der Waals surface area (Å²) in [5.74, 6) is 1.94. The Morgan fingerprint density at radius 2 is 1.78 bits per heavy atom. The highest BCUT2D eigenvalue weighted by Gasteiger charge is 2.20. The number of hydrogen-bond donors (Lipinski definition) is 0. The molecule has 2 aromatic carbocycles. The van der Waals surface area contributed by atoms with Gasteiger partial charge in [-0.25, -0.2) is 4.39 Å². The highest BCUT2D eigenvalue weighted by molar-refractivity contribution is 7.99. The fraction of sp³-hybridized carbons (Fsp3) is 0.250. The van der Waals surface area contributed by atoms with E-state index in [1.54, 1.807) is 28.6 Å². The summed E-state index contributed by atoms with van der Waals surface area (Å²) < 4.78 is 20.6. The van der Waals surface area contributed by atoms with Crippen LogP contribution in [0.25, 0.3) is 11.4 Å². The Bertz CT molecular complexity index is 951. The van der Waals surface area contributed by atoms with Crippen molar-refractivity contribution in [2.45, 2.75) is 24.9 Å². The SMILES string of the molecule is CCCCOc1ccc(-c2nnc3n2N=C(c2ccc(F)cc2)CS3)cc1. The van der Waals surface area contributed by atoms with Gasteiger partial charge in [-0.1, -0.05) is 37.2 Å². The lowest BCUT2D eigenvalue weighted by Gasteiger charge is -2.14. The molecule has 0 saturated heterocycles. The number of ether oxygens (including phenoxy) is 1. The van der Waals surface area contributed by atoms with Gasteiger partial charge in [0.1, 0.15) is 11.6 Å². The van der Waals surface area contributed by atoms with E-state index in [0.717, 1.165) is 47.2 Å². The molecule has 2 heterocycles. The van der Waals surface area contributed by atoms with Crippen molar-refractivity contribution in [3.8, 4) is 17.1 Å². The average molecular weight is 382 g/mol. The molecule has 1 aromatic heterocycles. The van der Waals surface area contributed by atoms with E-state index in [1.165, 1.54) is 12.1 Å². The van der Waals surface area contributed by atoms with Gasteiger partial charge >= 0.3 is 0 Å². The molecule has 0 saturated carbocycles. The highest BCUT2D eigenvalue weighted by atomic mass is 32.2. The van der Waals surface area contributed by atoms with Gasteiger partial charge in [0.2, 0.25) is 5.16 Å². The first-order valence-corrected chi connectivity index (χ1v) is 9.88. The summed E-state index contributed by atoms with van der Waals surface area (Å²) in [5, 5.41) is 14.0. The van der Waals surface area contributed by atoms with Crippen LogP contribution >= 0.6 is 11.8 Å². The van der Waals surface area contributed by atoms with Crippen LogP contribution in [0.5, 0.6) is 5.75 Å². The van der Waals surface area contributed by atoms with E-state index in [9.17, 15) is 4.39 Å². The van der Waals surface area contributed by atoms with Crippen LogP contribution < -0.4 is 4.74 Å². The number of aromatic nitrogens is 3. The van der Waals surface area contributed by atoms with Crippen molar-refractivity contribution in [3.05, 3.63) is 59.9 Å². The predicted molar refractivity (Wildman–Crippen MR) is 105 cm³/mol. The molecule has 7 heteroatoms. The Balaban J connectivity index is 1.60. The first kappa shape index (κ1) is 17.7. The predicted octanol–water partition coefficient (Wildman–Crippen LogP) is 4.62. The number of rotatable bonds is 6. The van der Waals surface area contributed by atoms with E-state index >= 15 is 0 Å². The van der Waals surface area contributed by atoms with Crippen molar-refractivity contribution < 1.29 is 9.13 Å². The Morgan fingerprint density at radius 3 is 2.52 bits per heavy atom. The molecule has 0 fully saturated rings. The van der Waals surface area contributed by atoms with Gasteiger partial charge < -0.3 is 4.74 Å². The molecule has 0 spiro atoms. The van der Waals surface area contributed by atoms with Crippen LogP contribution in [0, 0.1) is 5.82 Å². The molecule has 4 rings (SSSR count). The second-order valence-corrected chi connectivity index (χ2v) is 7.13. The van der Waals surface area contributed by atoms with Gasteiger partial charge in [-0.2, -0.15) is 9.78 Å². The lowest BCUT2D eigenvalue weighted by atomic mass is 10.1. The number of thioether (sulfide) groups is 1. The number of fused-ring (bicyclic) bond motifs is 1. The summed E-state index contributed by atoms with van der Waals surface area (Å²) in [6.45, 7) is 2.86. The van der Waals surface area contributed by atoms with Crippen molar-refractivity contribution in [2.75, 3.05) is 12.4 Å². The second-order valence-electron chi connectivity index (χ2n) is 6.19. The van der Waals surface area contributed by atoms with Crippen LogP contribution in [0.1, 0.15) is 25.3 Å². The fourth-order valence-corrected chi connectivity index (χ4v) is 3.56. The van der Waals surface area contributed by atoms with Gasteiger partial charge in [0.15, 0.2) is 5.82 Å². The lowest BCUT2D eigenvalue weighted by Crippen LogP contribution is -2.13. The first-order valence-electron chi connectivity index (χ1n) is 8.90. The van der Waals surface area contributed by atoms with E-state index in [1.807, 2.05) is 24.3 Å². The van der Waals surface area contributed by atoms with Gasteiger partial charge in [0.05, 0.1) is 12.3 Å². The molecule has 3 aromatic rings. The molecule has 0 radical (unpaired) electrons. The van der Waals surface area contributed by atoms with Crippen molar-refractivity contribution in [3.63, 3.8) is 0 Å². The molecule has 27 heavy (non-hydrogen) atoms. The number of halogens is 1. The van der Waals surface area contributed by atoms with Crippen molar-refractivity contribution in [2.24, 2.45) is 5.10 Å². The second kappa shape index (κ2) is 7.92. The Labute approximate surface area is 161 Å². The van der Waals surface area contributed by atoms with Gasteiger partial charge in [-0.15, -0.1) is 10.2 Å².